The molecule has 0 spiro atoms. The Bertz CT molecular complexity index is 236. The van der Waals surface area contributed by atoms with Crippen LogP contribution in [-0.2, 0) is 4.74 Å². The Morgan fingerprint density at radius 2 is 1.53 bits per heavy atom. The molecule has 1 atom stereocenters. The van der Waals surface area contributed by atoms with Crippen molar-refractivity contribution in [2.75, 3.05) is 12.4 Å². The monoisotopic (exact) mass is 224 g/mol. The molecule has 4 saturated carbocycles. The highest BCUT2D eigenvalue weighted by atomic mass is 32.2. The lowest BCUT2D eigenvalue weighted by Crippen LogP contribution is -2.52. The van der Waals surface area contributed by atoms with E-state index in [1.54, 1.807) is 0 Å². The lowest BCUT2D eigenvalue weighted by molar-refractivity contribution is -0.160. The third kappa shape index (κ3) is 1.64. The number of hydrogen-bond acceptors (Lipinski definition) is 2. The van der Waals surface area contributed by atoms with Gasteiger partial charge in [0.2, 0.25) is 0 Å². The molecule has 15 heavy (non-hydrogen) atoms. The van der Waals surface area contributed by atoms with Crippen LogP contribution in [-0.4, -0.2) is 23.2 Å². The van der Waals surface area contributed by atoms with Gasteiger partial charge in [0.05, 0.1) is 12.2 Å². The molecule has 5 rings (SSSR count). The molecule has 84 valence electrons. The van der Waals surface area contributed by atoms with E-state index in [0.29, 0.717) is 5.60 Å². The fraction of sp³-hybridized carbons (Fsp3) is 1.00. The summed E-state index contributed by atoms with van der Waals surface area (Å²) in [7, 11) is 0. The molecule has 4 aliphatic carbocycles. The number of hydrogen-bond donors (Lipinski definition) is 0. The van der Waals surface area contributed by atoms with Crippen LogP contribution < -0.4 is 0 Å². The Labute approximate surface area is 96.3 Å². The zero-order valence-corrected chi connectivity index (χ0v) is 10.1. The number of rotatable bonds is 3. The van der Waals surface area contributed by atoms with E-state index in [0.717, 1.165) is 29.6 Å². The van der Waals surface area contributed by atoms with E-state index in [9.17, 15) is 0 Å². The Kier molecular flexibility index (Phi) is 1.97. The Morgan fingerprint density at radius 3 is 2.00 bits per heavy atom. The average Bonchev–Trinajstić information content (AvgIpc) is 2.95. The van der Waals surface area contributed by atoms with Gasteiger partial charge in [-0.2, -0.15) is 11.8 Å². The molecule has 5 fully saturated rings. The van der Waals surface area contributed by atoms with Crippen molar-refractivity contribution in [2.45, 2.75) is 49.4 Å². The molecular formula is C13H20OS. The molecule has 2 heteroatoms. The predicted molar refractivity (Wildman–Crippen MR) is 63.1 cm³/mol. The van der Waals surface area contributed by atoms with Crippen LogP contribution in [0.3, 0.4) is 0 Å². The summed E-state index contributed by atoms with van der Waals surface area (Å²) in [5, 5.41) is 0.859. The summed E-state index contributed by atoms with van der Waals surface area (Å²) in [6.45, 7) is 1.05. The summed E-state index contributed by atoms with van der Waals surface area (Å²) < 4.78 is 6.35. The molecule has 1 nitrogen and oxygen atoms in total. The fourth-order valence-corrected chi connectivity index (χ4v) is 5.04. The van der Waals surface area contributed by atoms with Gasteiger partial charge >= 0.3 is 0 Å². The Morgan fingerprint density at radius 1 is 1.00 bits per heavy atom. The predicted octanol–water partition coefficient (Wildman–Crippen LogP) is 3.09. The lowest BCUT2D eigenvalue weighted by atomic mass is 9.54. The van der Waals surface area contributed by atoms with Crippen LogP contribution >= 0.6 is 11.8 Å². The van der Waals surface area contributed by atoms with Crippen molar-refractivity contribution in [2.24, 2.45) is 17.8 Å². The van der Waals surface area contributed by atoms with Crippen LogP contribution in [0.4, 0.5) is 0 Å². The van der Waals surface area contributed by atoms with Gasteiger partial charge in [-0.3, -0.25) is 0 Å². The highest BCUT2D eigenvalue weighted by Gasteiger charge is 2.52. The minimum absolute atomic E-state index is 0.359. The molecule has 1 heterocycles. The second kappa shape index (κ2) is 3.16. The molecule has 1 unspecified atom stereocenters. The van der Waals surface area contributed by atoms with Gasteiger partial charge in [0.15, 0.2) is 0 Å². The smallest absolute Gasteiger partial charge is 0.0691 e. The molecular weight excluding hydrogens is 204 g/mol. The Hall–Kier alpha value is 0.310. The van der Waals surface area contributed by atoms with E-state index in [2.05, 4.69) is 11.8 Å². The van der Waals surface area contributed by atoms with Crippen molar-refractivity contribution in [1.29, 1.82) is 0 Å². The number of thioether (sulfide) groups is 1. The van der Waals surface area contributed by atoms with Gasteiger partial charge in [0.25, 0.3) is 0 Å². The molecule has 4 bridgehead atoms. The molecule has 0 aromatic carbocycles. The molecule has 5 aliphatic rings. The Balaban J connectivity index is 1.50. The zero-order chi connectivity index (χ0) is 9.88. The molecule has 0 aromatic heterocycles. The second-order valence-corrected chi connectivity index (χ2v) is 7.70. The van der Waals surface area contributed by atoms with Gasteiger partial charge in [0.1, 0.15) is 0 Å². The van der Waals surface area contributed by atoms with Crippen molar-refractivity contribution < 1.29 is 4.74 Å². The summed E-state index contributed by atoms with van der Waals surface area (Å²) in [4.78, 5) is 0. The van der Waals surface area contributed by atoms with E-state index in [-0.39, 0.29) is 0 Å². The largest absolute Gasteiger partial charge is 0.374 e. The maximum Gasteiger partial charge on any atom is 0.0691 e. The van der Waals surface area contributed by atoms with Crippen molar-refractivity contribution in [3.8, 4) is 0 Å². The third-order valence-electron chi connectivity index (χ3n) is 4.96. The van der Waals surface area contributed by atoms with Crippen LogP contribution in [0.5, 0.6) is 0 Å². The van der Waals surface area contributed by atoms with Crippen molar-refractivity contribution in [3.63, 3.8) is 0 Å². The van der Waals surface area contributed by atoms with E-state index in [1.807, 2.05) is 0 Å². The highest BCUT2D eigenvalue weighted by molar-refractivity contribution is 8.06. The van der Waals surface area contributed by atoms with E-state index < -0.39 is 0 Å². The summed E-state index contributed by atoms with van der Waals surface area (Å²) in [6, 6.07) is 0. The first-order valence-corrected chi connectivity index (χ1v) is 7.62. The molecule has 0 N–H and O–H groups in total. The molecule has 0 aromatic rings. The quantitative estimate of drug-likeness (QED) is 0.681. The summed E-state index contributed by atoms with van der Waals surface area (Å²) in [6.07, 6.45) is 8.78. The minimum atomic E-state index is 0.359. The lowest BCUT2D eigenvalue weighted by Gasteiger charge is -2.56. The second-order valence-electron chi connectivity index (χ2n) is 6.37. The highest BCUT2D eigenvalue weighted by Crippen LogP contribution is 2.57. The molecule has 0 amide bonds. The van der Waals surface area contributed by atoms with Crippen molar-refractivity contribution >= 4 is 11.8 Å². The summed E-state index contributed by atoms with van der Waals surface area (Å²) in [5.74, 6) is 4.45. The summed E-state index contributed by atoms with van der Waals surface area (Å²) >= 11 is 2.07. The van der Waals surface area contributed by atoms with Crippen LogP contribution in [0.25, 0.3) is 0 Å². The van der Waals surface area contributed by atoms with E-state index in [4.69, 9.17) is 4.74 Å². The van der Waals surface area contributed by atoms with Gasteiger partial charge in [-0.15, -0.1) is 0 Å². The maximum atomic E-state index is 6.35. The SMILES string of the molecule is C1C2CC3CC1CC(OCC1CS1)(C2)C3. The van der Waals surface area contributed by atoms with Crippen LogP contribution in [0, 0.1) is 17.8 Å². The molecule has 1 saturated heterocycles. The fourth-order valence-electron chi connectivity index (χ4n) is 4.64. The van der Waals surface area contributed by atoms with E-state index >= 15 is 0 Å². The van der Waals surface area contributed by atoms with Gasteiger partial charge in [-0.25, -0.2) is 0 Å². The van der Waals surface area contributed by atoms with Gasteiger partial charge in [-0.05, 0) is 56.3 Å². The zero-order valence-electron chi connectivity index (χ0n) is 9.28. The van der Waals surface area contributed by atoms with E-state index in [1.165, 1.54) is 44.3 Å². The first-order chi connectivity index (χ1) is 7.31. The molecule has 1 aliphatic heterocycles. The van der Waals surface area contributed by atoms with Crippen molar-refractivity contribution in [3.05, 3.63) is 0 Å². The number of ether oxygens (including phenoxy) is 1. The van der Waals surface area contributed by atoms with Crippen LogP contribution in [0.2, 0.25) is 0 Å². The first-order valence-electron chi connectivity index (χ1n) is 6.57. The summed E-state index contributed by atoms with van der Waals surface area (Å²) in [5.41, 5.74) is 0.359. The molecule has 0 radical (unpaired) electrons. The topological polar surface area (TPSA) is 9.23 Å². The van der Waals surface area contributed by atoms with Crippen molar-refractivity contribution in [1.82, 2.24) is 0 Å². The first kappa shape index (κ1) is 9.35. The normalized spacial score (nSPS) is 56.0. The van der Waals surface area contributed by atoms with Gasteiger partial charge < -0.3 is 4.74 Å². The minimum Gasteiger partial charge on any atom is -0.374 e. The van der Waals surface area contributed by atoms with Crippen LogP contribution in [0.15, 0.2) is 0 Å². The average molecular weight is 224 g/mol. The standard InChI is InChI=1S/C13H20OS/c1-9-2-11-3-10(1)5-13(4-9,6-11)14-7-12-8-15-12/h9-12H,1-8H2. The maximum absolute atomic E-state index is 6.35. The third-order valence-corrected chi connectivity index (χ3v) is 5.90. The van der Waals surface area contributed by atoms with Gasteiger partial charge in [-0.1, -0.05) is 0 Å². The van der Waals surface area contributed by atoms with Crippen LogP contribution in [0.1, 0.15) is 38.5 Å². The van der Waals surface area contributed by atoms with Gasteiger partial charge in [0, 0.05) is 11.0 Å².